The van der Waals surface area contributed by atoms with Crippen LogP contribution in [0.15, 0.2) is 31.8 Å². The molecule has 0 aliphatic heterocycles. The molecule has 1 amide bonds. The predicted octanol–water partition coefficient (Wildman–Crippen LogP) is 5.09. The number of benzene rings is 1. The standard InChI is InChI=1S/C11H5Br2ClN2O3S/c12-9-4-6(10(13)20-9)11(17)15-7-2-1-5(14)3-8(7)16(18)19/h1-4H,(H,15,17). The van der Waals surface area contributed by atoms with Gasteiger partial charge in [0.2, 0.25) is 0 Å². The van der Waals surface area contributed by atoms with Crippen molar-refractivity contribution in [3.8, 4) is 0 Å². The first-order valence-corrected chi connectivity index (χ1v) is 7.86. The zero-order valence-electron chi connectivity index (χ0n) is 9.52. The predicted molar refractivity (Wildman–Crippen MR) is 85.8 cm³/mol. The van der Waals surface area contributed by atoms with Gasteiger partial charge in [0.05, 0.1) is 18.1 Å². The van der Waals surface area contributed by atoms with Gasteiger partial charge in [0.1, 0.15) is 5.69 Å². The second-order valence-electron chi connectivity index (χ2n) is 3.61. The molecule has 0 unspecified atom stereocenters. The number of rotatable bonds is 3. The van der Waals surface area contributed by atoms with Gasteiger partial charge in [-0.3, -0.25) is 14.9 Å². The number of hydrogen-bond acceptors (Lipinski definition) is 4. The maximum absolute atomic E-state index is 12.1. The monoisotopic (exact) mass is 438 g/mol. The third kappa shape index (κ3) is 3.38. The van der Waals surface area contributed by atoms with Gasteiger partial charge in [-0.2, -0.15) is 0 Å². The Labute approximate surface area is 139 Å². The van der Waals surface area contributed by atoms with Crippen molar-refractivity contribution in [3.05, 3.63) is 52.5 Å². The number of nitro benzene ring substituents is 1. The Morgan fingerprint density at radius 3 is 2.60 bits per heavy atom. The zero-order chi connectivity index (χ0) is 14.9. The molecular formula is C11H5Br2ClN2O3S. The van der Waals surface area contributed by atoms with Gasteiger partial charge < -0.3 is 5.32 Å². The molecule has 1 N–H and O–H groups in total. The number of anilines is 1. The van der Waals surface area contributed by atoms with Crippen LogP contribution in [0.2, 0.25) is 5.02 Å². The fraction of sp³-hybridized carbons (Fsp3) is 0. The van der Waals surface area contributed by atoms with Crippen LogP contribution in [0, 0.1) is 10.1 Å². The highest BCUT2D eigenvalue weighted by Gasteiger charge is 2.19. The van der Waals surface area contributed by atoms with E-state index in [0.29, 0.717) is 9.35 Å². The lowest BCUT2D eigenvalue weighted by atomic mass is 10.2. The molecule has 9 heteroatoms. The van der Waals surface area contributed by atoms with Gasteiger partial charge in [0.15, 0.2) is 0 Å². The third-order valence-corrected chi connectivity index (χ3v) is 4.88. The molecule has 0 saturated heterocycles. The maximum Gasteiger partial charge on any atom is 0.294 e. The number of thiophene rings is 1. The molecule has 0 atom stereocenters. The minimum absolute atomic E-state index is 0.0959. The minimum Gasteiger partial charge on any atom is -0.316 e. The summed E-state index contributed by atoms with van der Waals surface area (Å²) < 4.78 is 1.42. The van der Waals surface area contributed by atoms with Crippen LogP contribution in [0.25, 0.3) is 0 Å². The minimum atomic E-state index is -0.597. The third-order valence-electron chi connectivity index (χ3n) is 2.31. The Bertz CT molecular complexity index is 705. The van der Waals surface area contributed by atoms with E-state index in [2.05, 4.69) is 37.2 Å². The first-order chi connectivity index (χ1) is 9.38. The molecule has 2 rings (SSSR count). The Hall–Kier alpha value is -0.960. The number of amides is 1. The first-order valence-electron chi connectivity index (χ1n) is 5.08. The van der Waals surface area contributed by atoms with Gasteiger partial charge in [-0.15, -0.1) is 11.3 Å². The quantitative estimate of drug-likeness (QED) is 0.534. The zero-order valence-corrected chi connectivity index (χ0v) is 14.3. The molecule has 0 fully saturated rings. The van der Waals surface area contributed by atoms with Crippen molar-refractivity contribution in [2.45, 2.75) is 0 Å². The van der Waals surface area contributed by atoms with Crippen LogP contribution in [0.4, 0.5) is 11.4 Å². The summed E-state index contributed by atoms with van der Waals surface area (Å²) in [5.74, 6) is -0.441. The van der Waals surface area contributed by atoms with Crippen molar-refractivity contribution in [1.29, 1.82) is 0 Å². The Morgan fingerprint density at radius 1 is 1.35 bits per heavy atom. The van der Waals surface area contributed by atoms with Crippen LogP contribution >= 0.6 is 54.8 Å². The van der Waals surface area contributed by atoms with Crippen molar-refractivity contribution in [2.75, 3.05) is 5.32 Å². The van der Waals surface area contributed by atoms with Crippen molar-refractivity contribution in [2.24, 2.45) is 0 Å². The lowest BCUT2D eigenvalue weighted by molar-refractivity contribution is -0.383. The summed E-state index contributed by atoms with van der Waals surface area (Å²) in [4.78, 5) is 22.4. The summed E-state index contributed by atoms with van der Waals surface area (Å²) in [6, 6.07) is 5.69. The molecular weight excluding hydrogens is 435 g/mol. The molecule has 0 spiro atoms. The van der Waals surface area contributed by atoms with Gasteiger partial charge in [-0.25, -0.2) is 0 Å². The summed E-state index contributed by atoms with van der Waals surface area (Å²) >= 11 is 13.6. The van der Waals surface area contributed by atoms with E-state index < -0.39 is 10.8 Å². The maximum atomic E-state index is 12.1. The molecule has 0 aliphatic carbocycles. The van der Waals surface area contributed by atoms with E-state index >= 15 is 0 Å². The number of halogens is 3. The van der Waals surface area contributed by atoms with E-state index in [1.165, 1.54) is 29.5 Å². The van der Waals surface area contributed by atoms with E-state index in [9.17, 15) is 14.9 Å². The molecule has 0 aliphatic rings. The highest BCUT2D eigenvalue weighted by atomic mass is 79.9. The summed E-state index contributed by atoms with van der Waals surface area (Å²) in [6.45, 7) is 0. The molecule has 104 valence electrons. The fourth-order valence-electron chi connectivity index (χ4n) is 1.45. The van der Waals surface area contributed by atoms with Gasteiger partial charge in [0.25, 0.3) is 11.6 Å². The number of carbonyl (C=O) groups is 1. The second kappa shape index (κ2) is 6.21. The molecule has 2 aromatic rings. The normalized spacial score (nSPS) is 10.3. The van der Waals surface area contributed by atoms with Gasteiger partial charge in [0, 0.05) is 11.1 Å². The van der Waals surface area contributed by atoms with Gasteiger partial charge in [-0.1, -0.05) is 11.6 Å². The topological polar surface area (TPSA) is 72.2 Å². The van der Waals surface area contributed by atoms with Crippen molar-refractivity contribution in [3.63, 3.8) is 0 Å². The van der Waals surface area contributed by atoms with E-state index in [1.807, 2.05) is 0 Å². The molecule has 1 aromatic heterocycles. The number of nitro groups is 1. The molecule has 5 nitrogen and oxygen atoms in total. The Kier molecular flexibility index (Phi) is 4.79. The second-order valence-corrected chi connectivity index (χ2v) is 7.80. The van der Waals surface area contributed by atoms with Gasteiger partial charge in [-0.05, 0) is 50.1 Å². The SMILES string of the molecule is O=C(Nc1ccc(Cl)cc1[N+](=O)[O-])c1cc(Br)sc1Br. The Balaban J connectivity index is 2.33. The Morgan fingerprint density at radius 2 is 2.05 bits per heavy atom. The van der Waals surface area contributed by atoms with Crippen LogP contribution < -0.4 is 5.32 Å². The molecule has 0 saturated carbocycles. The number of carbonyl (C=O) groups excluding carboxylic acids is 1. The van der Waals surface area contributed by atoms with Crippen LogP contribution in [-0.4, -0.2) is 10.8 Å². The van der Waals surface area contributed by atoms with Crippen molar-refractivity contribution < 1.29 is 9.72 Å². The smallest absolute Gasteiger partial charge is 0.294 e. The van der Waals surface area contributed by atoms with Crippen LogP contribution in [0.1, 0.15) is 10.4 Å². The van der Waals surface area contributed by atoms with Crippen LogP contribution in [0.3, 0.4) is 0 Å². The van der Waals surface area contributed by atoms with E-state index in [0.717, 1.165) is 3.79 Å². The summed E-state index contributed by atoms with van der Waals surface area (Å²) in [5, 5.41) is 13.7. The average Bonchev–Trinajstić information content (AvgIpc) is 2.70. The molecule has 1 aromatic carbocycles. The molecule has 0 bridgehead atoms. The number of nitrogens with one attached hydrogen (secondary N) is 1. The molecule has 1 heterocycles. The van der Waals surface area contributed by atoms with Crippen LogP contribution in [-0.2, 0) is 0 Å². The molecule has 20 heavy (non-hydrogen) atoms. The molecule has 0 radical (unpaired) electrons. The summed E-state index contributed by atoms with van der Waals surface area (Å²) in [5.41, 5.74) is 0.237. The largest absolute Gasteiger partial charge is 0.316 e. The summed E-state index contributed by atoms with van der Waals surface area (Å²) in [7, 11) is 0. The fourth-order valence-corrected chi connectivity index (χ4v) is 4.41. The van der Waals surface area contributed by atoms with E-state index in [1.54, 1.807) is 6.07 Å². The lowest BCUT2D eigenvalue weighted by Crippen LogP contribution is -2.12. The summed E-state index contributed by atoms with van der Waals surface area (Å²) in [6.07, 6.45) is 0. The van der Waals surface area contributed by atoms with Crippen molar-refractivity contribution >= 4 is 72.1 Å². The van der Waals surface area contributed by atoms with E-state index in [-0.39, 0.29) is 16.4 Å². The number of hydrogen-bond donors (Lipinski definition) is 1. The van der Waals surface area contributed by atoms with Crippen molar-refractivity contribution in [1.82, 2.24) is 0 Å². The van der Waals surface area contributed by atoms with E-state index in [4.69, 9.17) is 11.6 Å². The number of nitrogens with zero attached hydrogens (tertiary/aromatic N) is 1. The average molecular weight is 440 g/mol. The highest BCUT2D eigenvalue weighted by molar-refractivity contribution is 9.12. The highest BCUT2D eigenvalue weighted by Crippen LogP contribution is 2.33. The lowest BCUT2D eigenvalue weighted by Gasteiger charge is -2.05. The van der Waals surface area contributed by atoms with Gasteiger partial charge >= 0.3 is 0 Å². The van der Waals surface area contributed by atoms with Crippen LogP contribution in [0.5, 0.6) is 0 Å². The first kappa shape index (κ1) is 15.4.